The predicted octanol–water partition coefficient (Wildman–Crippen LogP) is 3.01. The molecular weight excluding hydrogens is 343 g/mol. The highest BCUT2D eigenvalue weighted by Gasteiger charge is 2.26. The Balaban J connectivity index is 2.21. The first-order chi connectivity index (χ1) is 11.6. The molecule has 0 bridgehead atoms. The van der Waals surface area contributed by atoms with Crippen molar-refractivity contribution in [3.63, 3.8) is 0 Å². The lowest BCUT2D eigenvalue weighted by Crippen LogP contribution is -2.35. The molecule has 7 heteroatoms. The van der Waals surface area contributed by atoms with E-state index in [-0.39, 0.29) is 10.6 Å². The van der Waals surface area contributed by atoms with E-state index in [2.05, 4.69) is 5.32 Å². The molecule has 0 aliphatic heterocycles. The van der Waals surface area contributed by atoms with E-state index in [9.17, 15) is 17.6 Å². The van der Waals surface area contributed by atoms with Gasteiger partial charge in [0.15, 0.2) is 0 Å². The Hall–Kier alpha value is -2.25. The standard InChI is InChI=1S/C18H21FN2O3S/c1-12-9-13(2)18(14(3)10-12)25(23,24)21(4)11-17(22)20-16-8-6-5-7-15(16)19/h5-10H,11H2,1-4H3,(H,20,22). The second-order valence-electron chi connectivity index (χ2n) is 6.02. The zero-order valence-corrected chi connectivity index (χ0v) is 15.4. The molecule has 0 heterocycles. The Labute approximate surface area is 147 Å². The number of nitrogens with one attached hydrogen (secondary N) is 1. The second-order valence-corrected chi connectivity index (χ2v) is 8.00. The van der Waals surface area contributed by atoms with E-state index in [1.165, 1.54) is 25.2 Å². The van der Waals surface area contributed by atoms with Crippen molar-refractivity contribution in [2.45, 2.75) is 25.7 Å². The Kier molecular flexibility index (Phi) is 5.59. The summed E-state index contributed by atoms with van der Waals surface area (Å²) in [4.78, 5) is 12.3. The maximum Gasteiger partial charge on any atom is 0.243 e. The first-order valence-electron chi connectivity index (χ1n) is 7.71. The van der Waals surface area contributed by atoms with Crippen LogP contribution in [0.3, 0.4) is 0 Å². The van der Waals surface area contributed by atoms with E-state index in [1.54, 1.807) is 32.0 Å². The first kappa shape index (κ1) is 19.1. The summed E-state index contributed by atoms with van der Waals surface area (Å²) in [5.41, 5.74) is 2.23. The van der Waals surface area contributed by atoms with Crippen LogP contribution in [0.2, 0.25) is 0 Å². The number of nitrogens with zero attached hydrogens (tertiary/aromatic N) is 1. The summed E-state index contributed by atoms with van der Waals surface area (Å²) in [6.07, 6.45) is 0. The molecule has 0 aromatic heterocycles. The maximum absolute atomic E-state index is 13.6. The molecule has 5 nitrogen and oxygen atoms in total. The van der Waals surface area contributed by atoms with Crippen molar-refractivity contribution >= 4 is 21.6 Å². The van der Waals surface area contributed by atoms with Gasteiger partial charge in [-0.3, -0.25) is 4.79 Å². The highest BCUT2D eigenvalue weighted by Crippen LogP contribution is 2.24. The number of carbonyl (C=O) groups excluding carboxylic acids is 1. The topological polar surface area (TPSA) is 66.5 Å². The average molecular weight is 364 g/mol. The molecule has 0 atom stereocenters. The third-order valence-corrected chi connectivity index (χ3v) is 5.90. The van der Waals surface area contributed by atoms with Gasteiger partial charge in [0, 0.05) is 7.05 Å². The van der Waals surface area contributed by atoms with Crippen molar-refractivity contribution in [1.82, 2.24) is 4.31 Å². The number of hydrogen-bond acceptors (Lipinski definition) is 3. The second kappa shape index (κ2) is 7.33. The fourth-order valence-corrected chi connectivity index (χ4v) is 4.30. The van der Waals surface area contributed by atoms with Gasteiger partial charge in [0.2, 0.25) is 15.9 Å². The highest BCUT2D eigenvalue weighted by atomic mass is 32.2. The van der Waals surface area contributed by atoms with Gasteiger partial charge in [0.1, 0.15) is 5.82 Å². The van der Waals surface area contributed by atoms with Gasteiger partial charge in [-0.1, -0.05) is 29.8 Å². The minimum Gasteiger partial charge on any atom is -0.322 e. The number of sulfonamides is 1. The SMILES string of the molecule is Cc1cc(C)c(S(=O)(=O)N(C)CC(=O)Nc2ccccc2F)c(C)c1. The van der Waals surface area contributed by atoms with Crippen molar-refractivity contribution in [3.8, 4) is 0 Å². The molecule has 0 aliphatic carbocycles. The minimum atomic E-state index is -3.84. The lowest BCUT2D eigenvalue weighted by molar-refractivity contribution is -0.116. The molecule has 0 spiro atoms. The van der Waals surface area contributed by atoms with Gasteiger partial charge in [-0.25, -0.2) is 12.8 Å². The van der Waals surface area contributed by atoms with Crippen molar-refractivity contribution in [1.29, 1.82) is 0 Å². The van der Waals surface area contributed by atoms with Crippen molar-refractivity contribution in [3.05, 3.63) is 58.9 Å². The Morgan fingerprint density at radius 3 is 2.24 bits per heavy atom. The van der Waals surface area contributed by atoms with E-state index in [0.29, 0.717) is 11.1 Å². The van der Waals surface area contributed by atoms with E-state index in [4.69, 9.17) is 0 Å². The van der Waals surface area contributed by atoms with Crippen molar-refractivity contribution in [2.24, 2.45) is 0 Å². The molecule has 25 heavy (non-hydrogen) atoms. The average Bonchev–Trinajstić information content (AvgIpc) is 2.48. The molecule has 134 valence electrons. The summed E-state index contributed by atoms with van der Waals surface area (Å²) in [6, 6.07) is 9.29. The minimum absolute atomic E-state index is 0.0148. The molecule has 1 amide bonds. The number of rotatable bonds is 5. The van der Waals surface area contributed by atoms with Crippen LogP contribution in [0.15, 0.2) is 41.3 Å². The molecule has 0 fully saturated rings. The third-order valence-electron chi connectivity index (χ3n) is 3.79. The number of hydrogen-bond donors (Lipinski definition) is 1. The van der Waals surface area contributed by atoms with E-state index >= 15 is 0 Å². The molecule has 2 aromatic rings. The van der Waals surface area contributed by atoms with Crippen molar-refractivity contribution in [2.75, 3.05) is 18.9 Å². The molecule has 0 radical (unpaired) electrons. The number of aryl methyl sites for hydroxylation is 3. The summed E-state index contributed by atoms with van der Waals surface area (Å²) < 4.78 is 40.2. The summed E-state index contributed by atoms with van der Waals surface area (Å²) in [6.45, 7) is 4.92. The zero-order chi connectivity index (χ0) is 18.8. The Morgan fingerprint density at radius 2 is 1.68 bits per heavy atom. The molecule has 2 rings (SSSR count). The van der Waals surface area contributed by atoms with Crippen LogP contribution in [-0.4, -0.2) is 32.2 Å². The Bertz CT molecular complexity index is 887. The molecule has 0 aliphatic rings. The number of carbonyl (C=O) groups is 1. The van der Waals surface area contributed by atoms with Gasteiger partial charge < -0.3 is 5.32 Å². The number of halogens is 1. The van der Waals surface area contributed by atoms with Gasteiger partial charge in [-0.05, 0) is 44.0 Å². The fourth-order valence-electron chi connectivity index (χ4n) is 2.77. The van der Waals surface area contributed by atoms with Gasteiger partial charge in [0.25, 0.3) is 0 Å². The summed E-state index contributed by atoms with van der Waals surface area (Å²) in [5, 5.41) is 2.38. The van der Waals surface area contributed by atoms with Crippen molar-refractivity contribution < 1.29 is 17.6 Å². The molecule has 2 aromatic carbocycles. The number of likely N-dealkylation sites (N-methyl/N-ethyl adjacent to an activating group) is 1. The number of amides is 1. The van der Waals surface area contributed by atoms with Crippen LogP contribution >= 0.6 is 0 Å². The molecule has 1 N–H and O–H groups in total. The lowest BCUT2D eigenvalue weighted by atomic mass is 10.1. The van der Waals surface area contributed by atoms with Gasteiger partial charge >= 0.3 is 0 Å². The highest BCUT2D eigenvalue weighted by molar-refractivity contribution is 7.89. The summed E-state index contributed by atoms with van der Waals surface area (Å²) in [7, 11) is -2.51. The smallest absolute Gasteiger partial charge is 0.243 e. The normalized spacial score (nSPS) is 11.6. The maximum atomic E-state index is 13.6. The summed E-state index contributed by atoms with van der Waals surface area (Å²) >= 11 is 0. The molecular formula is C18H21FN2O3S. The van der Waals surface area contributed by atoms with Crippen LogP contribution in [-0.2, 0) is 14.8 Å². The largest absolute Gasteiger partial charge is 0.322 e. The number of anilines is 1. The van der Waals surface area contributed by atoms with Crippen LogP contribution < -0.4 is 5.32 Å². The fraction of sp³-hybridized carbons (Fsp3) is 0.278. The van der Waals surface area contributed by atoms with Gasteiger partial charge in [-0.15, -0.1) is 0 Å². The Morgan fingerprint density at radius 1 is 1.12 bits per heavy atom. The predicted molar refractivity (Wildman–Crippen MR) is 95.5 cm³/mol. The molecule has 0 saturated carbocycles. The van der Waals surface area contributed by atoms with E-state index < -0.39 is 28.3 Å². The van der Waals surface area contributed by atoms with Gasteiger partial charge in [0.05, 0.1) is 17.1 Å². The number of benzene rings is 2. The monoisotopic (exact) mass is 364 g/mol. The summed E-state index contributed by atoms with van der Waals surface area (Å²) in [5.74, 6) is -1.19. The number of para-hydroxylation sites is 1. The quantitative estimate of drug-likeness (QED) is 0.887. The van der Waals surface area contributed by atoms with Crippen LogP contribution in [0.25, 0.3) is 0 Å². The van der Waals surface area contributed by atoms with E-state index in [0.717, 1.165) is 9.87 Å². The first-order valence-corrected chi connectivity index (χ1v) is 9.15. The van der Waals surface area contributed by atoms with Gasteiger partial charge in [-0.2, -0.15) is 4.31 Å². The molecule has 0 unspecified atom stereocenters. The van der Waals surface area contributed by atoms with E-state index in [1.807, 2.05) is 6.92 Å². The zero-order valence-electron chi connectivity index (χ0n) is 14.6. The van der Waals surface area contributed by atoms with Crippen LogP contribution in [0.4, 0.5) is 10.1 Å². The molecule has 0 saturated heterocycles. The third kappa shape index (κ3) is 4.24. The van der Waals surface area contributed by atoms with Crippen LogP contribution in [0.5, 0.6) is 0 Å². The van der Waals surface area contributed by atoms with Crippen LogP contribution in [0, 0.1) is 26.6 Å². The van der Waals surface area contributed by atoms with Crippen LogP contribution in [0.1, 0.15) is 16.7 Å². The lowest BCUT2D eigenvalue weighted by Gasteiger charge is -2.20.